The number of nitrogens with zero attached hydrogens (tertiary/aromatic N) is 1. The van der Waals surface area contributed by atoms with Crippen molar-refractivity contribution >= 4 is 5.69 Å². The molecule has 1 aromatic rings. The lowest BCUT2D eigenvalue weighted by Crippen LogP contribution is -2.42. The first-order valence-electron chi connectivity index (χ1n) is 7.26. The summed E-state index contributed by atoms with van der Waals surface area (Å²) in [6.45, 7) is 9.06. The average molecular weight is 262 g/mol. The van der Waals surface area contributed by atoms with E-state index in [1.54, 1.807) is 0 Å². The summed E-state index contributed by atoms with van der Waals surface area (Å²) in [5.41, 5.74) is 2.11. The summed E-state index contributed by atoms with van der Waals surface area (Å²) >= 11 is 0. The van der Waals surface area contributed by atoms with Crippen LogP contribution in [0.2, 0.25) is 0 Å². The summed E-state index contributed by atoms with van der Waals surface area (Å²) in [7, 11) is 0. The number of rotatable bonds is 4. The lowest BCUT2D eigenvalue weighted by Gasteiger charge is -2.37. The molecule has 0 bridgehead atoms. The number of aliphatic hydroxyl groups is 1. The molecule has 1 aliphatic heterocycles. The second kappa shape index (κ2) is 5.93. The van der Waals surface area contributed by atoms with E-state index in [0.29, 0.717) is 6.04 Å². The van der Waals surface area contributed by atoms with Crippen LogP contribution in [0.4, 0.5) is 5.69 Å². The Labute approximate surface area is 116 Å². The molecule has 2 N–H and O–H groups in total. The highest BCUT2D eigenvalue weighted by atomic mass is 16.3. The third-order valence-electron chi connectivity index (χ3n) is 3.86. The van der Waals surface area contributed by atoms with E-state index in [2.05, 4.69) is 48.3 Å². The van der Waals surface area contributed by atoms with Gasteiger partial charge >= 0.3 is 0 Å². The van der Waals surface area contributed by atoms with E-state index >= 15 is 0 Å². The summed E-state index contributed by atoms with van der Waals surface area (Å²) < 4.78 is 0. The molecule has 2 rings (SSSR count). The van der Waals surface area contributed by atoms with Gasteiger partial charge in [0.05, 0.1) is 5.60 Å². The number of piperidine rings is 1. The standard InChI is InChI=1S/C16H26N2O/c1-13(2)17-12-14-4-6-15(7-5-14)18-10-8-16(3,19)9-11-18/h4-7,13,17,19H,8-12H2,1-3H3. The van der Waals surface area contributed by atoms with Gasteiger partial charge in [0.1, 0.15) is 0 Å². The summed E-state index contributed by atoms with van der Waals surface area (Å²) in [6, 6.07) is 9.29. The molecule has 1 saturated heterocycles. The molecule has 1 heterocycles. The van der Waals surface area contributed by atoms with Gasteiger partial charge in [-0.25, -0.2) is 0 Å². The Morgan fingerprint density at radius 3 is 2.32 bits per heavy atom. The molecule has 0 spiro atoms. The smallest absolute Gasteiger partial charge is 0.0653 e. The van der Waals surface area contributed by atoms with Gasteiger partial charge in [-0.05, 0) is 37.5 Å². The van der Waals surface area contributed by atoms with Crippen LogP contribution in [0.3, 0.4) is 0 Å². The summed E-state index contributed by atoms with van der Waals surface area (Å²) in [5, 5.41) is 13.4. The van der Waals surface area contributed by atoms with Gasteiger partial charge in [0.15, 0.2) is 0 Å². The Bertz CT molecular complexity index is 388. The summed E-state index contributed by atoms with van der Waals surface area (Å²) in [4.78, 5) is 2.36. The van der Waals surface area contributed by atoms with E-state index in [0.717, 1.165) is 32.5 Å². The van der Waals surface area contributed by atoms with Crippen molar-refractivity contribution in [2.45, 2.75) is 51.8 Å². The Kier molecular flexibility index (Phi) is 4.48. The fourth-order valence-electron chi connectivity index (χ4n) is 2.39. The highest BCUT2D eigenvalue weighted by Crippen LogP contribution is 2.25. The second-order valence-corrected chi connectivity index (χ2v) is 6.19. The van der Waals surface area contributed by atoms with E-state index in [1.807, 2.05) is 6.92 Å². The van der Waals surface area contributed by atoms with Crippen LogP contribution in [-0.2, 0) is 6.54 Å². The number of nitrogens with one attached hydrogen (secondary N) is 1. The molecular weight excluding hydrogens is 236 g/mol. The number of hydrogen-bond donors (Lipinski definition) is 2. The zero-order valence-electron chi connectivity index (χ0n) is 12.3. The monoisotopic (exact) mass is 262 g/mol. The molecule has 0 saturated carbocycles. The normalized spacial score (nSPS) is 18.9. The largest absolute Gasteiger partial charge is 0.390 e. The second-order valence-electron chi connectivity index (χ2n) is 6.19. The molecule has 3 heteroatoms. The molecule has 0 unspecified atom stereocenters. The van der Waals surface area contributed by atoms with Crippen molar-refractivity contribution in [2.75, 3.05) is 18.0 Å². The predicted octanol–water partition coefficient (Wildman–Crippen LogP) is 2.54. The minimum absolute atomic E-state index is 0.475. The van der Waals surface area contributed by atoms with Gasteiger partial charge in [-0.1, -0.05) is 26.0 Å². The zero-order valence-corrected chi connectivity index (χ0v) is 12.3. The molecule has 106 valence electrons. The van der Waals surface area contributed by atoms with Gasteiger partial charge < -0.3 is 15.3 Å². The fraction of sp³-hybridized carbons (Fsp3) is 0.625. The van der Waals surface area contributed by atoms with Crippen LogP contribution in [0.5, 0.6) is 0 Å². The third-order valence-corrected chi connectivity index (χ3v) is 3.86. The Balaban J connectivity index is 1.92. The molecule has 0 aromatic heterocycles. The van der Waals surface area contributed by atoms with Gasteiger partial charge in [-0.3, -0.25) is 0 Å². The Hall–Kier alpha value is -1.06. The highest BCUT2D eigenvalue weighted by molar-refractivity contribution is 5.48. The van der Waals surface area contributed by atoms with Crippen LogP contribution in [0.25, 0.3) is 0 Å². The maximum absolute atomic E-state index is 9.97. The quantitative estimate of drug-likeness (QED) is 0.875. The maximum atomic E-state index is 9.97. The highest BCUT2D eigenvalue weighted by Gasteiger charge is 2.27. The van der Waals surface area contributed by atoms with Crippen LogP contribution >= 0.6 is 0 Å². The number of hydrogen-bond acceptors (Lipinski definition) is 3. The topological polar surface area (TPSA) is 35.5 Å². The molecule has 19 heavy (non-hydrogen) atoms. The Morgan fingerprint density at radius 1 is 1.21 bits per heavy atom. The van der Waals surface area contributed by atoms with E-state index in [9.17, 15) is 5.11 Å². The first kappa shape index (κ1) is 14.4. The SMILES string of the molecule is CC(C)NCc1ccc(N2CCC(C)(O)CC2)cc1. The minimum atomic E-state index is -0.475. The van der Waals surface area contributed by atoms with Crippen molar-refractivity contribution in [3.63, 3.8) is 0 Å². The van der Waals surface area contributed by atoms with Crippen LogP contribution in [0.1, 0.15) is 39.2 Å². The molecule has 0 radical (unpaired) electrons. The van der Waals surface area contributed by atoms with Crippen molar-refractivity contribution < 1.29 is 5.11 Å². The zero-order chi connectivity index (χ0) is 13.9. The summed E-state index contributed by atoms with van der Waals surface area (Å²) in [6.07, 6.45) is 1.70. The molecule has 1 aliphatic rings. The molecule has 0 amide bonds. The van der Waals surface area contributed by atoms with Gasteiger partial charge in [-0.15, -0.1) is 0 Å². The van der Waals surface area contributed by atoms with Gasteiger partial charge in [0, 0.05) is 31.4 Å². The molecular formula is C16H26N2O. The molecule has 0 atom stereocenters. The first-order chi connectivity index (χ1) is 8.96. The van der Waals surface area contributed by atoms with Crippen molar-refractivity contribution in [2.24, 2.45) is 0 Å². The van der Waals surface area contributed by atoms with Crippen molar-refractivity contribution in [1.82, 2.24) is 5.32 Å². The van der Waals surface area contributed by atoms with E-state index < -0.39 is 5.60 Å². The van der Waals surface area contributed by atoms with E-state index in [1.165, 1.54) is 11.3 Å². The number of benzene rings is 1. The number of anilines is 1. The van der Waals surface area contributed by atoms with Crippen LogP contribution in [0, 0.1) is 0 Å². The molecule has 1 fully saturated rings. The summed E-state index contributed by atoms with van der Waals surface area (Å²) in [5.74, 6) is 0. The van der Waals surface area contributed by atoms with E-state index in [-0.39, 0.29) is 0 Å². The van der Waals surface area contributed by atoms with Crippen LogP contribution < -0.4 is 10.2 Å². The minimum Gasteiger partial charge on any atom is -0.390 e. The first-order valence-corrected chi connectivity index (χ1v) is 7.26. The fourth-order valence-corrected chi connectivity index (χ4v) is 2.39. The average Bonchev–Trinajstić information content (AvgIpc) is 2.37. The lowest BCUT2D eigenvalue weighted by molar-refractivity contribution is 0.0351. The predicted molar refractivity (Wildman–Crippen MR) is 80.5 cm³/mol. The van der Waals surface area contributed by atoms with Crippen LogP contribution in [-0.4, -0.2) is 29.8 Å². The van der Waals surface area contributed by atoms with Gasteiger partial charge in [0.2, 0.25) is 0 Å². The Morgan fingerprint density at radius 2 is 1.79 bits per heavy atom. The van der Waals surface area contributed by atoms with E-state index in [4.69, 9.17) is 0 Å². The van der Waals surface area contributed by atoms with Crippen molar-refractivity contribution in [1.29, 1.82) is 0 Å². The molecule has 3 nitrogen and oxygen atoms in total. The molecule has 1 aromatic carbocycles. The van der Waals surface area contributed by atoms with Gasteiger partial charge in [0.25, 0.3) is 0 Å². The third kappa shape index (κ3) is 4.22. The van der Waals surface area contributed by atoms with Gasteiger partial charge in [-0.2, -0.15) is 0 Å². The van der Waals surface area contributed by atoms with Crippen molar-refractivity contribution in [3.8, 4) is 0 Å². The van der Waals surface area contributed by atoms with Crippen LogP contribution in [0.15, 0.2) is 24.3 Å². The maximum Gasteiger partial charge on any atom is 0.0653 e. The lowest BCUT2D eigenvalue weighted by atomic mass is 9.93. The molecule has 0 aliphatic carbocycles. The van der Waals surface area contributed by atoms with Crippen molar-refractivity contribution in [3.05, 3.63) is 29.8 Å².